The lowest BCUT2D eigenvalue weighted by atomic mass is 10.1. The molecule has 3 aromatic rings. The van der Waals surface area contributed by atoms with Crippen molar-refractivity contribution in [1.82, 2.24) is 20.1 Å². The SMILES string of the molecule is Cc1cc(C)n(CC(C)CNC(=O)c2ccc(NC(C)c3ccccn3)c([N+](=O)[O-])c2)n1. The van der Waals surface area contributed by atoms with Gasteiger partial charge in [0.05, 0.1) is 22.4 Å². The van der Waals surface area contributed by atoms with Gasteiger partial charge in [-0.05, 0) is 57.0 Å². The first-order valence-electron chi connectivity index (χ1n) is 10.5. The van der Waals surface area contributed by atoms with Crippen molar-refractivity contribution in [2.24, 2.45) is 5.92 Å². The summed E-state index contributed by atoms with van der Waals surface area (Å²) in [5.74, 6) is -0.204. The van der Waals surface area contributed by atoms with Gasteiger partial charge in [-0.2, -0.15) is 5.10 Å². The molecule has 0 aliphatic rings. The number of aromatic nitrogens is 3. The lowest BCUT2D eigenvalue weighted by Crippen LogP contribution is -2.30. The summed E-state index contributed by atoms with van der Waals surface area (Å²) >= 11 is 0. The van der Waals surface area contributed by atoms with Gasteiger partial charge >= 0.3 is 0 Å². The summed E-state index contributed by atoms with van der Waals surface area (Å²) in [5, 5.41) is 22.0. The van der Waals surface area contributed by atoms with Crippen molar-refractivity contribution in [3.05, 3.63) is 81.4 Å². The second-order valence-electron chi connectivity index (χ2n) is 8.03. The summed E-state index contributed by atoms with van der Waals surface area (Å²) in [5.41, 5.74) is 3.21. The van der Waals surface area contributed by atoms with Gasteiger partial charge in [0, 0.05) is 36.6 Å². The molecule has 32 heavy (non-hydrogen) atoms. The molecule has 1 amide bonds. The molecule has 0 aliphatic carbocycles. The quantitative estimate of drug-likeness (QED) is 0.386. The number of aryl methyl sites for hydroxylation is 2. The van der Waals surface area contributed by atoms with E-state index in [9.17, 15) is 14.9 Å². The monoisotopic (exact) mass is 436 g/mol. The molecule has 0 bridgehead atoms. The maximum atomic E-state index is 12.6. The van der Waals surface area contributed by atoms with E-state index in [0.717, 1.165) is 17.1 Å². The van der Waals surface area contributed by atoms with Crippen LogP contribution in [0.25, 0.3) is 0 Å². The lowest BCUT2D eigenvalue weighted by molar-refractivity contribution is -0.384. The van der Waals surface area contributed by atoms with Crippen LogP contribution in [0.3, 0.4) is 0 Å². The van der Waals surface area contributed by atoms with E-state index >= 15 is 0 Å². The average molecular weight is 437 g/mol. The predicted octanol–water partition coefficient (Wildman–Crippen LogP) is 4.04. The Morgan fingerprint density at radius 2 is 1.97 bits per heavy atom. The normalized spacial score (nSPS) is 12.8. The van der Waals surface area contributed by atoms with Gasteiger partial charge in [-0.1, -0.05) is 13.0 Å². The molecule has 9 nitrogen and oxygen atoms in total. The van der Waals surface area contributed by atoms with E-state index < -0.39 is 4.92 Å². The molecule has 2 N–H and O–H groups in total. The number of rotatable bonds is 9. The number of hydrogen-bond donors (Lipinski definition) is 2. The fourth-order valence-corrected chi connectivity index (χ4v) is 3.47. The maximum Gasteiger partial charge on any atom is 0.293 e. The maximum absolute atomic E-state index is 12.6. The number of carbonyl (C=O) groups excluding carboxylic acids is 1. The number of nitro benzene ring substituents is 1. The number of anilines is 1. The summed E-state index contributed by atoms with van der Waals surface area (Å²) in [7, 11) is 0. The Labute approximate surface area is 187 Å². The van der Waals surface area contributed by atoms with Crippen LogP contribution in [0.2, 0.25) is 0 Å². The predicted molar refractivity (Wildman–Crippen MR) is 123 cm³/mol. The number of nitrogens with zero attached hydrogens (tertiary/aromatic N) is 4. The third kappa shape index (κ3) is 5.69. The van der Waals surface area contributed by atoms with Crippen molar-refractivity contribution in [3.8, 4) is 0 Å². The number of carbonyl (C=O) groups is 1. The van der Waals surface area contributed by atoms with Crippen LogP contribution in [0, 0.1) is 29.9 Å². The van der Waals surface area contributed by atoms with E-state index in [1.807, 2.05) is 56.6 Å². The van der Waals surface area contributed by atoms with Crippen LogP contribution in [0.1, 0.15) is 47.3 Å². The molecule has 9 heteroatoms. The third-order valence-electron chi connectivity index (χ3n) is 5.16. The smallest absolute Gasteiger partial charge is 0.293 e. The molecule has 0 aliphatic heterocycles. The van der Waals surface area contributed by atoms with E-state index in [0.29, 0.717) is 18.8 Å². The van der Waals surface area contributed by atoms with Crippen LogP contribution in [-0.4, -0.2) is 32.1 Å². The third-order valence-corrected chi connectivity index (χ3v) is 5.16. The molecule has 168 valence electrons. The van der Waals surface area contributed by atoms with Gasteiger partial charge in [0.1, 0.15) is 5.69 Å². The molecule has 0 saturated carbocycles. The summed E-state index contributed by atoms with van der Waals surface area (Å²) in [6.45, 7) is 8.94. The second-order valence-corrected chi connectivity index (χ2v) is 8.03. The van der Waals surface area contributed by atoms with Crippen LogP contribution in [-0.2, 0) is 6.54 Å². The Bertz CT molecular complexity index is 1100. The minimum Gasteiger partial charge on any atom is -0.371 e. The Kier molecular flexibility index (Phi) is 7.19. The molecular weight excluding hydrogens is 408 g/mol. The Hall–Kier alpha value is -3.75. The van der Waals surface area contributed by atoms with Crippen LogP contribution in [0.4, 0.5) is 11.4 Å². The number of benzene rings is 1. The zero-order valence-corrected chi connectivity index (χ0v) is 18.7. The first-order chi connectivity index (χ1) is 15.2. The van der Waals surface area contributed by atoms with E-state index in [1.54, 1.807) is 18.3 Å². The second kappa shape index (κ2) is 10.0. The van der Waals surface area contributed by atoms with Crippen molar-refractivity contribution in [3.63, 3.8) is 0 Å². The van der Waals surface area contributed by atoms with Crippen LogP contribution in [0.5, 0.6) is 0 Å². The van der Waals surface area contributed by atoms with Crippen molar-refractivity contribution < 1.29 is 9.72 Å². The van der Waals surface area contributed by atoms with Gasteiger partial charge in [-0.3, -0.25) is 24.6 Å². The molecule has 3 rings (SSSR count). The van der Waals surface area contributed by atoms with Gasteiger partial charge in [0.15, 0.2) is 0 Å². The highest BCUT2D eigenvalue weighted by molar-refractivity contribution is 5.95. The summed E-state index contributed by atoms with van der Waals surface area (Å²) < 4.78 is 1.92. The largest absolute Gasteiger partial charge is 0.371 e. The van der Waals surface area contributed by atoms with E-state index in [-0.39, 0.29) is 29.1 Å². The summed E-state index contributed by atoms with van der Waals surface area (Å²) in [6.07, 6.45) is 1.67. The van der Waals surface area contributed by atoms with Crippen molar-refractivity contribution in [1.29, 1.82) is 0 Å². The minimum absolute atomic E-state index is 0.145. The number of nitrogens with one attached hydrogen (secondary N) is 2. The average Bonchev–Trinajstić information content (AvgIpc) is 3.09. The van der Waals surface area contributed by atoms with E-state index in [4.69, 9.17) is 0 Å². The number of nitro groups is 1. The summed E-state index contributed by atoms with van der Waals surface area (Å²) in [6, 6.07) is 11.7. The molecular formula is C23H28N6O3. The number of pyridine rings is 1. The highest BCUT2D eigenvalue weighted by Gasteiger charge is 2.20. The van der Waals surface area contributed by atoms with Gasteiger partial charge in [0.25, 0.3) is 11.6 Å². The fourth-order valence-electron chi connectivity index (χ4n) is 3.47. The van der Waals surface area contributed by atoms with Gasteiger partial charge in [0.2, 0.25) is 0 Å². The molecule has 2 aromatic heterocycles. The molecule has 1 aromatic carbocycles. The zero-order valence-electron chi connectivity index (χ0n) is 18.7. The standard InChI is InChI=1S/C23H28N6O3/c1-15(14-28-17(3)11-16(2)27-28)13-25-23(30)19-8-9-21(22(12-19)29(31)32)26-18(4)20-7-5-6-10-24-20/h5-12,15,18,26H,13-14H2,1-4H3,(H,25,30). The van der Waals surface area contributed by atoms with E-state index in [2.05, 4.69) is 20.7 Å². The van der Waals surface area contributed by atoms with Gasteiger partial charge < -0.3 is 10.6 Å². The molecule has 0 spiro atoms. The van der Waals surface area contributed by atoms with Gasteiger partial charge in [-0.25, -0.2) is 0 Å². The lowest BCUT2D eigenvalue weighted by Gasteiger charge is -2.16. The van der Waals surface area contributed by atoms with Gasteiger partial charge in [-0.15, -0.1) is 0 Å². The molecule has 2 atom stereocenters. The molecule has 2 heterocycles. The zero-order chi connectivity index (χ0) is 23.3. The van der Waals surface area contributed by atoms with Crippen LogP contribution < -0.4 is 10.6 Å². The topological polar surface area (TPSA) is 115 Å². The molecule has 0 saturated heterocycles. The molecule has 0 fully saturated rings. The summed E-state index contributed by atoms with van der Waals surface area (Å²) in [4.78, 5) is 28.0. The first kappa shape index (κ1) is 22.9. The first-order valence-corrected chi connectivity index (χ1v) is 10.5. The Morgan fingerprint density at radius 3 is 2.59 bits per heavy atom. The van der Waals surface area contributed by atoms with Crippen LogP contribution in [0.15, 0.2) is 48.7 Å². The molecule has 2 unspecified atom stereocenters. The number of amides is 1. The fraction of sp³-hybridized carbons (Fsp3) is 0.348. The molecule has 0 radical (unpaired) electrons. The highest BCUT2D eigenvalue weighted by Crippen LogP contribution is 2.29. The van der Waals surface area contributed by atoms with Crippen LogP contribution >= 0.6 is 0 Å². The highest BCUT2D eigenvalue weighted by atomic mass is 16.6. The van der Waals surface area contributed by atoms with E-state index in [1.165, 1.54) is 6.07 Å². The minimum atomic E-state index is -0.490. The Balaban J connectivity index is 1.65. The van der Waals surface area contributed by atoms with Crippen molar-refractivity contribution in [2.45, 2.75) is 40.3 Å². The van der Waals surface area contributed by atoms with Crippen molar-refractivity contribution in [2.75, 3.05) is 11.9 Å². The number of hydrogen-bond acceptors (Lipinski definition) is 6. The Morgan fingerprint density at radius 1 is 1.19 bits per heavy atom. The van der Waals surface area contributed by atoms with Crippen molar-refractivity contribution >= 4 is 17.3 Å².